The zero-order valence-electron chi connectivity index (χ0n) is 7.46. The smallest absolute Gasteiger partial charge is 0.163 e. The molecule has 0 aromatic heterocycles. The van der Waals surface area contributed by atoms with Crippen LogP contribution in [0.2, 0.25) is 0 Å². The van der Waals surface area contributed by atoms with Crippen LogP contribution in [-0.2, 0) is 4.79 Å². The van der Waals surface area contributed by atoms with Crippen molar-refractivity contribution in [2.75, 3.05) is 0 Å². The van der Waals surface area contributed by atoms with E-state index in [9.17, 15) is 15.0 Å². The molecule has 0 radical (unpaired) electrons. The fraction of sp³-hybridized carbons (Fsp3) is 0.875. The lowest BCUT2D eigenvalue weighted by molar-refractivity contribution is -0.148. The highest BCUT2D eigenvalue weighted by atomic mass is 16.3. The maximum atomic E-state index is 10.8. The van der Waals surface area contributed by atoms with Crippen molar-refractivity contribution in [3.05, 3.63) is 0 Å². The molecule has 0 rings (SSSR count). The predicted molar refractivity (Wildman–Crippen MR) is 42.1 cm³/mol. The van der Waals surface area contributed by atoms with Gasteiger partial charge in [0.2, 0.25) is 0 Å². The Morgan fingerprint density at radius 1 is 1.45 bits per heavy atom. The fourth-order valence-electron chi connectivity index (χ4n) is 0.857. The van der Waals surface area contributed by atoms with Crippen molar-refractivity contribution in [1.82, 2.24) is 0 Å². The molecule has 0 aliphatic rings. The topological polar surface area (TPSA) is 57.5 Å². The van der Waals surface area contributed by atoms with Gasteiger partial charge in [-0.3, -0.25) is 4.79 Å². The summed E-state index contributed by atoms with van der Waals surface area (Å²) in [5, 5.41) is 18.8. The summed E-state index contributed by atoms with van der Waals surface area (Å²) in [5.41, 5.74) is -1.60. The third-order valence-corrected chi connectivity index (χ3v) is 1.92. The third-order valence-electron chi connectivity index (χ3n) is 1.92. The SMILES string of the molecule is CC(=O)[C@@](C)(O)[C@H](O)C(C)C. The average molecular weight is 160 g/mol. The minimum Gasteiger partial charge on any atom is -0.389 e. The Morgan fingerprint density at radius 2 is 1.82 bits per heavy atom. The molecule has 0 aliphatic heterocycles. The lowest BCUT2D eigenvalue weighted by Gasteiger charge is -2.28. The van der Waals surface area contributed by atoms with Crippen LogP contribution in [-0.4, -0.2) is 27.7 Å². The summed E-state index contributed by atoms with van der Waals surface area (Å²) < 4.78 is 0. The van der Waals surface area contributed by atoms with Gasteiger partial charge in [-0.1, -0.05) is 13.8 Å². The van der Waals surface area contributed by atoms with Gasteiger partial charge in [0.05, 0.1) is 6.10 Å². The number of hydrogen-bond acceptors (Lipinski definition) is 3. The van der Waals surface area contributed by atoms with E-state index in [0.29, 0.717) is 0 Å². The third kappa shape index (κ3) is 2.27. The molecule has 0 saturated carbocycles. The molecule has 0 fully saturated rings. The predicted octanol–water partition coefficient (Wildman–Crippen LogP) is 0.343. The maximum absolute atomic E-state index is 10.8. The number of ketones is 1. The van der Waals surface area contributed by atoms with Crippen molar-refractivity contribution in [1.29, 1.82) is 0 Å². The standard InChI is InChI=1S/C8H16O3/c1-5(2)7(10)8(4,11)6(3)9/h5,7,10-11H,1-4H3/t7-,8-/m1/s1. The fourth-order valence-corrected chi connectivity index (χ4v) is 0.857. The summed E-state index contributed by atoms with van der Waals surface area (Å²) >= 11 is 0. The van der Waals surface area contributed by atoms with Gasteiger partial charge >= 0.3 is 0 Å². The van der Waals surface area contributed by atoms with E-state index in [1.165, 1.54) is 13.8 Å². The molecular weight excluding hydrogens is 144 g/mol. The first kappa shape index (κ1) is 10.6. The summed E-state index contributed by atoms with van der Waals surface area (Å²) in [7, 11) is 0. The molecular formula is C8H16O3. The lowest BCUT2D eigenvalue weighted by Crippen LogP contribution is -2.48. The van der Waals surface area contributed by atoms with Gasteiger partial charge in [0.1, 0.15) is 5.60 Å². The molecule has 0 bridgehead atoms. The van der Waals surface area contributed by atoms with Crippen LogP contribution in [0, 0.1) is 5.92 Å². The average Bonchev–Trinajstić information content (AvgIpc) is 1.85. The van der Waals surface area contributed by atoms with Crippen LogP contribution in [0.15, 0.2) is 0 Å². The Hall–Kier alpha value is -0.410. The van der Waals surface area contributed by atoms with Crippen LogP contribution >= 0.6 is 0 Å². The number of rotatable bonds is 3. The van der Waals surface area contributed by atoms with E-state index < -0.39 is 17.5 Å². The largest absolute Gasteiger partial charge is 0.389 e. The summed E-state index contributed by atoms with van der Waals surface area (Å²) in [5.74, 6) is -0.521. The van der Waals surface area contributed by atoms with E-state index in [1.54, 1.807) is 13.8 Å². The van der Waals surface area contributed by atoms with Gasteiger partial charge in [0, 0.05) is 0 Å². The number of carbonyl (C=O) groups is 1. The van der Waals surface area contributed by atoms with Gasteiger partial charge in [-0.2, -0.15) is 0 Å². The van der Waals surface area contributed by atoms with Crippen LogP contribution in [0.5, 0.6) is 0 Å². The van der Waals surface area contributed by atoms with E-state index in [-0.39, 0.29) is 5.92 Å². The van der Waals surface area contributed by atoms with E-state index in [2.05, 4.69) is 0 Å². The Kier molecular flexibility index (Phi) is 3.20. The summed E-state index contributed by atoms with van der Waals surface area (Å²) in [6, 6.07) is 0. The van der Waals surface area contributed by atoms with Crippen LogP contribution < -0.4 is 0 Å². The van der Waals surface area contributed by atoms with Gasteiger partial charge < -0.3 is 10.2 Å². The Bertz CT molecular complexity index is 149. The minimum atomic E-state index is -1.60. The molecule has 0 saturated heterocycles. The molecule has 3 heteroatoms. The lowest BCUT2D eigenvalue weighted by atomic mass is 9.88. The number of Topliss-reactive ketones (excluding diaryl/α,β-unsaturated/α-hetero) is 1. The van der Waals surface area contributed by atoms with Crippen molar-refractivity contribution in [2.45, 2.75) is 39.4 Å². The van der Waals surface area contributed by atoms with Gasteiger partial charge in [-0.25, -0.2) is 0 Å². The first-order valence-electron chi connectivity index (χ1n) is 3.71. The van der Waals surface area contributed by atoms with Crippen LogP contribution in [0.1, 0.15) is 27.7 Å². The molecule has 2 N–H and O–H groups in total. The number of carbonyl (C=O) groups excluding carboxylic acids is 1. The molecule has 0 spiro atoms. The zero-order valence-corrected chi connectivity index (χ0v) is 7.46. The van der Waals surface area contributed by atoms with Crippen molar-refractivity contribution >= 4 is 5.78 Å². The molecule has 0 unspecified atom stereocenters. The molecule has 0 heterocycles. The van der Waals surface area contributed by atoms with Crippen LogP contribution in [0.4, 0.5) is 0 Å². The molecule has 0 aromatic carbocycles. The Labute approximate surface area is 67.0 Å². The van der Waals surface area contributed by atoms with E-state index in [1.807, 2.05) is 0 Å². The van der Waals surface area contributed by atoms with E-state index >= 15 is 0 Å². The highest BCUT2D eigenvalue weighted by Crippen LogP contribution is 2.17. The first-order valence-corrected chi connectivity index (χ1v) is 3.71. The van der Waals surface area contributed by atoms with Crippen molar-refractivity contribution in [2.24, 2.45) is 5.92 Å². The zero-order chi connectivity index (χ0) is 9.23. The van der Waals surface area contributed by atoms with Crippen molar-refractivity contribution in [3.63, 3.8) is 0 Å². The van der Waals surface area contributed by atoms with Gasteiger partial charge in [-0.15, -0.1) is 0 Å². The first-order chi connectivity index (χ1) is 4.80. The molecule has 0 aromatic rings. The van der Waals surface area contributed by atoms with E-state index in [4.69, 9.17) is 0 Å². The second-order valence-electron chi connectivity index (χ2n) is 3.39. The van der Waals surface area contributed by atoms with Gasteiger partial charge in [0.15, 0.2) is 5.78 Å². The molecule has 2 atom stereocenters. The van der Waals surface area contributed by atoms with Crippen LogP contribution in [0.3, 0.4) is 0 Å². The number of aliphatic hydroxyl groups is 2. The Morgan fingerprint density at radius 3 is 1.91 bits per heavy atom. The highest BCUT2D eigenvalue weighted by molar-refractivity contribution is 5.84. The van der Waals surface area contributed by atoms with Gasteiger partial charge in [0.25, 0.3) is 0 Å². The molecule has 0 amide bonds. The van der Waals surface area contributed by atoms with Crippen LogP contribution in [0.25, 0.3) is 0 Å². The molecule has 11 heavy (non-hydrogen) atoms. The minimum absolute atomic E-state index is 0.117. The van der Waals surface area contributed by atoms with Crippen molar-refractivity contribution < 1.29 is 15.0 Å². The quantitative estimate of drug-likeness (QED) is 0.626. The second kappa shape index (κ2) is 3.32. The Balaban J connectivity index is 4.42. The number of hydrogen-bond donors (Lipinski definition) is 2. The molecule has 0 aliphatic carbocycles. The summed E-state index contributed by atoms with van der Waals surface area (Å²) in [6.45, 7) is 6.11. The van der Waals surface area contributed by atoms with Gasteiger partial charge in [-0.05, 0) is 19.8 Å². The normalized spacial score (nSPS) is 19.5. The molecule has 66 valence electrons. The second-order valence-corrected chi connectivity index (χ2v) is 3.39. The highest BCUT2D eigenvalue weighted by Gasteiger charge is 2.36. The maximum Gasteiger partial charge on any atom is 0.163 e. The molecule has 3 nitrogen and oxygen atoms in total. The van der Waals surface area contributed by atoms with E-state index in [0.717, 1.165) is 0 Å². The monoisotopic (exact) mass is 160 g/mol. The summed E-state index contributed by atoms with van der Waals surface area (Å²) in [6.07, 6.45) is -0.986. The summed E-state index contributed by atoms with van der Waals surface area (Å²) in [4.78, 5) is 10.8. The van der Waals surface area contributed by atoms with Crippen molar-refractivity contribution in [3.8, 4) is 0 Å². The number of aliphatic hydroxyl groups excluding tert-OH is 1.